The van der Waals surface area contributed by atoms with E-state index in [9.17, 15) is 19.2 Å². The lowest BCUT2D eigenvalue weighted by Crippen LogP contribution is -2.54. The highest BCUT2D eigenvalue weighted by molar-refractivity contribution is 6.25. The van der Waals surface area contributed by atoms with Gasteiger partial charge < -0.3 is 57.4 Å². The van der Waals surface area contributed by atoms with Crippen molar-refractivity contribution in [3.8, 4) is 0 Å². The largest absolute Gasteiger partial charge is 0.382 e. The van der Waals surface area contributed by atoms with Gasteiger partial charge in [0.2, 0.25) is 11.8 Å². The number of ether oxygens (including phenoxy) is 11. The van der Waals surface area contributed by atoms with Crippen LogP contribution in [-0.2, 0) is 61.7 Å². The number of hydrogen-bond donors (Lipinski definition) is 2. The lowest BCUT2D eigenvalue weighted by Gasteiger charge is -2.27. The number of amides is 4. The fourth-order valence-electron chi connectivity index (χ4n) is 7.09. The van der Waals surface area contributed by atoms with Crippen molar-refractivity contribution in [2.75, 3.05) is 157 Å². The molecule has 1 saturated heterocycles. The van der Waals surface area contributed by atoms with Gasteiger partial charge in [-0.3, -0.25) is 29.4 Å². The smallest absolute Gasteiger partial charge is 0.264 e. The van der Waals surface area contributed by atoms with E-state index in [1.807, 2.05) is 0 Å². The molecule has 3 rings (SSSR count). The lowest BCUT2D eigenvalue weighted by molar-refractivity contribution is -0.136. The van der Waals surface area contributed by atoms with Crippen molar-refractivity contribution in [2.24, 2.45) is 0 Å². The molecular weight excluding hydrogens is 859 g/mol. The second kappa shape index (κ2) is 39.8. The summed E-state index contributed by atoms with van der Waals surface area (Å²) in [5, 5.41) is 5.34. The summed E-state index contributed by atoms with van der Waals surface area (Å²) >= 11 is 0. The maximum atomic E-state index is 13.2. The first-order valence-electron chi connectivity index (χ1n) is 24.5. The fraction of sp³-hybridized carbons (Fsp3) is 0.792. The van der Waals surface area contributed by atoms with E-state index in [1.165, 1.54) is 64.2 Å². The Bertz CT molecular complexity index is 1420. The average molecular weight is 940 g/mol. The minimum absolute atomic E-state index is 0.0659. The number of fused-ring (bicyclic) bond motifs is 1. The predicted octanol–water partition coefficient (Wildman–Crippen LogP) is 4.99. The Morgan fingerprint density at radius 3 is 1.27 bits per heavy atom. The molecule has 2 heterocycles. The van der Waals surface area contributed by atoms with Gasteiger partial charge in [-0.25, -0.2) is 0 Å². The zero-order valence-corrected chi connectivity index (χ0v) is 39.8. The number of carbonyl (C=O) groups excluding carboxylic acids is 4. The molecule has 1 fully saturated rings. The second-order valence-corrected chi connectivity index (χ2v) is 15.9. The van der Waals surface area contributed by atoms with E-state index in [2.05, 4.69) is 17.6 Å². The Hall–Kier alpha value is -3.14. The third kappa shape index (κ3) is 26.4. The SMILES string of the molecule is CCCCCCCCCCCCCOCCOCCOCCOCCOCCOCCOCCOCCOCCOCCOCCNc1cccc2c1C(=O)N(C1CCC(=O)NC1=O)C2=O. The lowest BCUT2D eigenvalue weighted by atomic mass is 10.0. The van der Waals surface area contributed by atoms with Crippen LogP contribution in [0.2, 0.25) is 0 Å². The first-order chi connectivity index (χ1) is 32.5. The van der Waals surface area contributed by atoms with Gasteiger partial charge in [0, 0.05) is 25.3 Å². The number of hydrogen-bond acceptors (Lipinski definition) is 16. The maximum absolute atomic E-state index is 13.2. The number of imide groups is 2. The van der Waals surface area contributed by atoms with Gasteiger partial charge >= 0.3 is 0 Å². The Labute approximate surface area is 393 Å². The molecule has 1 aromatic carbocycles. The quantitative estimate of drug-likeness (QED) is 0.0654. The van der Waals surface area contributed by atoms with Crippen molar-refractivity contribution in [3.05, 3.63) is 29.3 Å². The third-order valence-electron chi connectivity index (χ3n) is 10.6. The monoisotopic (exact) mass is 940 g/mol. The number of nitrogens with one attached hydrogen (secondary N) is 2. The molecule has 0 aliphatic carbocycles. The maximum Gasteiger partial charge on any atom is 0.264 e. The van der Waals surface area contributed by atoms with Crippen LogP contribution in [-0.4, -0.2) is 186 Å². The van der Waals surface area contributed by atoms with Crippen molar-refractivity contribution in [3.63, 3.8) is 0 Å². The van der Waals surface area contributed by atoms with Crippen molar-refractivity contribution in [1.29, 1.82) is 0 Å². The first-order valence-corrected chi connectivity index (χ1v) is 24.5. The Balaban J connectivity index is 0.943. The van der Waals surface area contributed by atoms with E-state index in [4.69, 9.17) is 52.1 Å². The van der Waals surface area contributed by atoms with Gasteiger partial charge in [0.25, 0.3) is 11.8 Å². The fourth-order valence-corrected chi connectivity index (χ4v) is 7.09. The molecular formula is C48H81N3O15. The molecule has 0 bridgehead atoms. The van der Waals surface area contributed by atoms with Crippen molar-refractivity contribution >= 4 is 29.3 Å². The molecule has 0 spiro atoms. The molecule has 4 amide bonds. The molecule has 18 heteroatoms. The zero-order valence-electron chi connectivity index (χ0n) is 39.8. The molecule has 1 atom stereocenters. The predicted molar refractivity (Wildman–Crippen MR) is 247 cm³/mol. The van der Waals surface area contributed by atoms with E-state index < -0.39 is 29.7 Å². The van der Waals surface area contributed by atoms with Crippen LogP contribution in [0, 0.1) is 0 Å². The summed E-state index contributed by atoms with van der Waals surface area (Å²) in [4.78, 5) is 51.0. The van der Waals surface area contributed by atoms with E-state index in [1.54, 1.807) is 18.2 Å². The van der Waals surface area contributed by atoms with E-state index in [0.717, 1.165) is 17.9 Å². The molecule has 0 radical (unpaired) electrons. The summed E-state index contributed by atoms with van der Waals surface area (Å²) in [6, 6.07) is 3.91. The standard InChI is InChI=1S/C48H81N3O15/c1-2-3-4-5-6-7-8-9-10-11-12-19-56-21-23-58-25-27-60-29-31-62-33-35-64-37-39-66-40-38-65-36-34-63-32-30-61-28-26-59-24-22-57-20-18-49-42-15-13-14-41-45(42)48(55)51(47(41)54)43-16-17-44(52)50-46(43)53/h13-15,43,49H,2-12,16-40H2,1H3,(H,50,52,53). The Kier molecular flexibility index (Phi) is 34.5. The molecule has 2 N–H and O–H groups in total. The van der Waals surface area contributed by atoms with Gasteiger partial charge in [0.15, 0.2) is 0 Å². The number of unbranched alkanes of at least 4 members (excludes halogenated alkanes) is 10. The molecule has 2 aliphatic heterocycles. The van der Waals surface area contributed by atoms with E-state index in [0.29, 0.717) is 151 Å². The van der Waals surface area contributed by atoms with Crippen LogP contribution < -0.4 is 10.6 Å². The molecule has 2 aliphatic rings. The van der Waals surface area contributed by atoms with E-state index >= 15 is 0 Å². The first kappa shape index (κ1) is 57.2. The summed E-state index contributed by atoms with van der Waals surface area (Å²) in [6.07, 6.45) is 14.9. The third-order valence-corrected chi connectivity index (χ3v) is 10.6. The highest BCUT2D eigenvalue weighted by atomic mass is 16.6. The molecule has 1 unspecified atom stereocenters. The van der Waals surface area contributed by atoms with E-state index in [-0.39, 0.29) is 24.0 Å². The molecule has 378 valence electrons. The summed E-state index contributed by atoms with van der Waals surface area (Å²) < 4.78 is 61.0. The molecule has 0 saturated carbocycles. The number of rotatable bonds is 47. The van der Waals surface area contributed by atoms with Crippen LogP contribution in [0.3, 0.4) is 0 Å². The second-order valence-electron chi connectivity index (χ2n) is 15.9. The zero-order chi connectivity index (χ0) is 47.0. The van der Waals surface area contributed by atoms with Crippen molar-refractivity contribution in [2.45, 2.75) is 96.4 Å². The van der Waals surface area contributed by atoms with Crippen LogP contribution in [0.1, 0.15) is 111 Å². The van der Waals surface area contributed by atoms with Crippen molar-refractivity contribution in [1.82, 2.24) is 10.2 Å². The summed E-state index contributed by atoms with van der Waals surface area (Å²) in [5.74, 6) is -2.16. The minimum Gasteiger partial charge on any atom is -0.382 e. The molecule has 18 nitrogen and oxygen atoms in total. The molecule has 1 aromatic rings. The van der Waals surface area contributed by atoms with Crippen LogP contribution >= 0.6 is 0 Å². The van der Waals surface area contributed by atoms with Crippen LogP contribution in [0.5, 0.6) is 0 Å². The van der Waals surface area contributed by atoms with Crippen LogP contribution in [0.15, 0.2) is 18.2 Å². The number of nitrogens with zero attached hydrogens (tertiary/aromatic N) is 1. The molecule has 66 heavy (non-hydrogen) atoms. The highest BCUT2D eigenvalue weighted by Crippen LogP contribution is 2.32. The topological polar surface area (TPSA) is 197 Å². The highest BCUT2D eigenvalue weighted by Gasteiger charge is 2.45. The number of anilines is 1. The van der Waals surface area contributed by atoms with Gasteiger partial charge in [-0.05, 0) is 25.0 Å². The van der Waals surface area contributed by atoms with Crippen LogP contribution in [0.25, 0.3) is 0 Å². The van der Waals surface area contributed by atoms with Gasteiger partial charge in [0.05, 0.1) is 150 Å². The Morgan fingerprint density at radius 1 is 0.485 bits per heavy atom. The van der Waals surface area contributed by atoms with Crippen LogP contribution in [0.4, 0.5) is 5.69 Å². The average Bonchev–Trinajstić information content (AvgIpc) is 3.57. The molecule has 0 aromatic heterocycles. The van der Waals surface area contributed by atoms with Gasteiger partial charge in [-0.1, -0.05) is 77.2 Å². The summed E-state index contributed by atoms with van der Waals surface area (Å²) in [5.41, 5.74) is 0.911. The minimum atomic E-state index is -1.01. The number of piperidine rings is 1. The van der Waals surface area contributed by atoms with Gasteiger partial charge in [-0.2, -0.15) is 0 Å². The summed E-state index contributed by atoms with van der Waals surface area (Å²) in [6.45, 7) is 13.6. The Morgan fingerprint density at radius 2 is 0.864 bits per heavy atom. The van der Waals surface area contributed by atoms with Crippen molar-refractivity contribution < 1.29 is 71.3 Å². The summed E-state index contributed by atoms with van der Waals surface area (Å²) in [7, 11) is 0. The number of benzene rings is 1. The normalized spacial score (nSPS) is 15.0. The number of carbonyl (C=O) groups is 4. The van der Waals surface area contributed by atoms with Gasteiger partial charge in [-0.15, -0.1) is 0 Å². The van der Waals surface area contributed by atoms with Gasteiger partial charge in [0.1, 0.15) is 6.04 Å².